The Hall–Kier alpha value is -3.70. The number of aromatic amines is 1. The number of nitrogens with zero attached hydrogens (tertiary/aromatic N) is 8. The van der Waals surface area contributed by atoms with Crippen molar-refractivity contribution in [3.63, 3.8) is 0 Å². The molecule has 0 atom stereocenters. The van der Waals surface area contributed by atoms with Gasteiger partial charge in [-0.25, -0.2) is 14.6 Å². The molecule has 196 valence electrons. The maximum atomic E-state index is 5.58. The first-order valence-corrected chi connectivity index (χ1v) is 14.2. The summed E-state index contributed by atoms with van der Waals surface area (Å²) in [5, 5.41) is 16.7. The number of H-pyrrole nitrogens is 1. The number of nitrogens with two attached hydrogens (primary N) is 1. The Kier molecular flexibility index (Phi) is 7.36. The molecule has 0 unspecified atom stereocenters. The third kappa shape index (κ3) is 5.89. The Labute approximate surface area is 225 Å². The van der Waals surface area contributed by atoms with E-state index in [2.05, 4.69) is 55.5 Å². The van der Waals surface area contributed by atoms with Crippen LogP contribution in [0.3, 0.4) is 0 Å². The minimum Gasteiger partial charge on any atom is -0.368 e. The maximum absolute atomic E-state index is 5.58. The third-order valence-electron chi connectivity index (χ3n) is 6.89. The van der Waals surface area contributed by atoms with E-state index in [-0.39, 0.29) is 0 Å². The van der Waals surface area contributed by atoms with Crippen LogP contribution in [0.15, 0.2) is 60.0 Å². The van der Waals surface area contributed by atoms with Crippen LogP contribution in [-0.2, 0) is 19.4 Å². The number of hydrogen-bond acceptors (Lipinski definition) is 8. The van der Waals surface area contributed by atoms with E-state index < -0.39 is 0 Å². The molecular formula is C27H32N10S. The van der Waals surface area contributed by atoms with E-state index in [4.69, 9.17) is 15.8 Å². The van der Waals surface area contributed by atoms with E-state index in [9.17, 15) is 0 Å². The fraction of sp³-hybridized carbons (Fsp3) is 0.370. The molecule has 10 nitrogen and oxygen atoms in total. The summed E-state index contributed by atoms with van der Waals surface area (Å²) in [4.78, 5) is 11.5. The van der Waals surface area contributed by atoms with Crippen molar-refractivity contribution in [1.82, 2.24) is 44.5 Å². The van der Waals surface area contributed by atoms with Crippen molar-refractivity contribution in [2.24, 2.45) is 0 Å². The summed E-state index contributed by atoms with van der Waals surface area (Å²) in [6, 6.07) is 15.0. The van der Waals surface area contributed by atoms with Gasteiger partial charge in [-0.05, 0) is 68.6 Å². The second-order valence-electron chi connectivity index (χ2n) is 9.70. The molecule has 0 saturated carbocycles. The molecule has 0 bridgehead atoms. The maximum Gasteiger partial charge on any atom is 0.216 e. The van der Waals surface area contributed by atoms with Gasteiger partial charge in [0.15, 0.2) is 11.5 Å². The predicted octanol–water partition coefficient (Wildman–Crippen LogP) is 3.70. The summed E-state index contributed by atoms with van der Waals surface area (Å²) < 4.78 is 3.83. The number of anilines is 1. The molecule has 4 aromatic heterocycles. The van der Waals surface area contributed by atoms with Gasteiger partial charge in [0.1, 0.15) is 0 Å². The Morgan fingerprint density at radius 1 is 0.974 bits per heavy atom. The molecule has 1 aliphatic rings. The lowest BCUT2D eigenvalue weighted by molar-refractivity contribution is 0.334. The molecule has 5 aromatic rings. The Morgan fingerprint density at radius 3 is 2.63 bits per heavy atom. The smallest absolute Gasteiger partial charge is 0.216 e. The minimum atomic E-state index is 0.328. The highest BCUT2D eigenvalue weighted by molar-refractivity contribution is 7.99. The lowest BCUT2D eigenvalue weighted by Crippen LogP contribution is -2.20. The molecule has 5 heterocycles. The normalized spacial score (nSPS) is 14.1. The number of hydrogen-bond donors (Lipinski definition) is 2. The standard InChI is InChI=1S/C27H32N10S/c28-26-31-27(33-32-26)38-16-15-36-19-22(18-29-36)23-6-3-7-25-30-24(34-37(23)25)17-21-10-8-20(9-11-21)5-4-14-35-12-1-2-13-35/h3,6-11,18-19H,1-2,4-5,12-17H2,(H3,28,31,32,33). The van der Waals surface area contributed by atoms with E-state index in [1.165, 1.54) is 61.8 Å². The fourth-order valence-corrected chi connectivity index (χ4v) is 5.67. The third-order valence-corrected chi connectivity index (χ3v) is 7.72. The molecule has 11 heteroatoms. The zero-order valence-electron chi connectivity index (χ0n) is 21.3. The van der Waals surface area contributed by atoms with E-state index in [0.29, 0.717) is 17.5 Å². The van der Waals surface area contributed by atoms with Crippen molar-refractivity contribution in [3.8, 4) is 11.3 Å². The fourth-order valence-electron chi connectivity index (χ4n) is 4.93. The van der Waals surface area contributed by atoms with Crippen LogP contribution in [-0.4, -0.2) is 69.8 Å². The van der Waals surface area contributed by atoms with Crippen molar-refractivity contribution in [2.45, 2.75) is 43.8 Å². The summed E-state index contributed by atoms with van der Waals surface area (Å²) in [6.07, 6.45) is 9.68. The van der Waals surface area contributed by atoms with Crippen LogP contribution >= 0.6 is 11.8 Å². The van der Waals surface area contributed by atoms with E-state index >= 15 is 0 Å². The Balaban J connectivity index is 1.08. The Bertz CT molecular complexity index is 1480. The topological polar surface area (TPSA) is 119 Å². The highest BCUT2D eigenvalue weighted by atomic mass is 32.2. The largest absolute Gasteiger partial charge is 0.368 e. The molecule has 6 rings (SSSR count). The SMILES string of the molecule is Nc1nc(SCCn2cc(-c3cccc4nc(Cc5ccc(CCCN6CCCC6)cc5)nn34)cn2)n[nH]1. The van der Waals surface area contributed by atoms with Gasteiger partial charge in [-0.3, -0.25) is 4.68 Å². The monoisotopic (exact) mass is 528 g/mol. The van der Waals surface area contributed by atoms with E-state index in [1.54, 1.807) is 0 Å². The number of thioether (sulfide) groups is 1. The molecule has 0 amide bonds. The van der Waals surface area contributed by atoms with Gasteiger partial charge < -0.3 is 10.6 Å². The lowest BCUT2D eigenvalue weighted by Gasteiger charge is -2.13. The summed E-state index contributed by atoms with van der Waals surface area (Å²) in [7, 11) is 0. The molecule has 3 N–H and O–H groups in total. The van der Waals surface area contributed by atoms with Crippen LogP contribution in [0.1, 0.15) is 36.2 Å². The van der Waals surface area contributed by atoms with Gasteiger partial charge >= 0.3 is 0 Å². The average Bonchev–Trinajstić information content (AvgIpc) is 3.73. The van der Waals surface area contributed by atoms with Gasteiger partial charge in [0.2, 0.25) is 11.1 Å². The number of benzene rings is 1. The summed E-state index contributed by atoms with van der Waals surface area (Å²) in [6.45, 7) is 4.49. The zero-order chi connectivity index (χ0) is 25.7. The number of likely N-dealkylation sites (tertiary alicyclic amines) is 1. The quantitative estimate of drug-likeness (QED) is 0.249. The van der Waals surface area contributed by atoms with Crippen LogP contribution in [0.25, 0.3) is 16.9 Å². The van der Waals surface area contributed by atoms with Gasteiger partial charge in [0, 0.05) is 23.9 Å². The first kappa shape index (κ1) is 24.6. The van der Waals surface area contributed by atoms with Crippen LogP contribution in [0.4, 0.5) is 5.95 Å². The van der Waals surface area contributed by atoms with Crippen molar-refractivity contribution >= 4 is 23.4 Å². The molecule has 0 spiro atoms. The number of rotatable bonds is 11. The first-order chi connectivity index (χ1) is 18.7. The number of fused-ring (bicyclic) bond motifs is 1. The van der Waals surface area contributed by atoms with Gasteiger partial charge in [0.05, 0.1) is 18.4 Å². The van der Waals surface area contributed by atoms with Crippen LogP contribution in [0, 0.1) is 0 Å². The second-order valence-corrected chi connectivity index (χ2v) is 10.8. The number of nitrogens with one attached hydrogen (secondary N) is 1. The Morgan fingerprint density at radius 2 is 1.82 bits per heavy atom. The number of nitrogen functional groups attached to an aromatic ring is 1. The molecular weight excluding hydrogens is 496 g/mol. The van der Waals surface area contributed by atoms with E-state index in [1.807, 2.05) is 33.7 Å². The highest BCUT2D eigenvalue weighted by Gasteiger charge is 2.13. The minimum absolute atomic E-state index is 0.328. The van der Waals surface area contributed by atoms with Gasteiger partial charge in [-0.15, -0.1) is 5.10 Å². The lowest BCUT2D eigenvalue weighted by atomic mass is 10.1. The molecule has 1 aromatic carbocycles. The molecule has 1 fully saturated rings. The van der Waals surface area contributed by atoms with Crippen LogP contribution in [0.2, 0.25) is 0 Å². The summed E-state index contributed by atoms with van der Waals surface area (Å²) >= 11 is 1.53. The average molecular weight is 529 g/mol. The first-order valence-electron chi connectivity index (χ1n) is 13.2. The molecule has 0 aliphatic carbocycles. The molecule has 1 aliphatic heterocycles. The number of aromatic nitrogens is 8. The van der Waals surface area contributed by atoms with Crippen molar-refractivity contribution < 1.29 is 0 Å². The van der Waals surface area contributed by atoms with Crippen molar-refractivity contribution in [1.29, 1.82) is 0 Å². The summed E-state index contributed by atoms with van der Waals surface area (Å²) in [5.74, 6) is 1.93. The van der Waals surface area contributed by atoms with Crippen LogP contribution < -0.4 is 5.73 Å². The number of aryl methyl sites for hydroxylation is 2. The number of pyridine rings is 1. The van der Waals surface area contributed by atoms with Gasteiger partial charge in [0.25, 0.3) is 0 Å². The molecule has 1 saturated heterocycles. The molecule has 38 heavy (non-hydrogen) atoms. The van der Waals surface area contributed by atoms with E-state index in [0.717, 1.165) is 41.4 Å². The van der Waals surface area contributed by atoms with Crippen molar-refractivity contribution in [2.75, 3.05) is 31.1 Å². The predicted molar refractivity (Wildman–Crippen MR) is 149 cm³/mol. The van der Waals surface area contributed by atoms with Crippen molar-refractivity contribution in [3.05, 3.63) is 71.8 Å². The molecule has 0 radical (unpaired) electrons. The van der Waals surface area contributed by atoms with Gasteiger partial charge in [-0.2, -0.15) is 15.2 Å². The highest BCUT2D eigenvalue weighted by Crippen LogP contribution is 2.21. The summed E-state index contributed by atoms with van der Waals surface area (Å²) in [5.41, 5.74) is 11.0. The second kappa shape index (κ2) is 11.4. The van der Waals surface area contributed by atoms with Gasteiger partial charge in [-0.1, -0.05) is 42.1 Å². The zero-order valence-corrected chi connectivity index (χ0v) is 22.1. The van der Waals surface area contributed by atoms with Crippen LogP contribution in [0.5, 0.6) is 0 Å².